The van der Waals surface area contributed by atoms with Crippen LogP contribution in [0.3, 0.4) is 0 Å². The second kappa shape index (κ2) is 5.24. The molecule has 0 spiro atoms. The molecule has 0 aromatic carbocycles. The highest BCUT2D eigenvalue weighted by Crippen LogP contribution is 2.27. The van der Waals surface area contributed by atoms with Crippen LogP contribution in [0.15, 0.2) is 0 Å². The summed E-state index contributed by atoms with van der Waals surface area (Å²) in [7, 11) is 0. The lowest BCUT2D eigenvalue weighted by atomic mass is 9.99. The zero-order valence-electron chi connectivity index (χ0n) is 10.6. The van der Waals surface area contributed by atoms with Crippen molar-refractivity contribution in [2.45, 2.75) is 31.8 Å². The number of aromatic amines is 1. The van der Waals surface area contributed by atoms with Crippen molar-refractivity contribution in [1.82, 2.24) is 15.2 Å². The maximum atomic E-state index is 5.75. The third-order valence-corrected chi connectivity index (χ3v) is 3.86. The standard InChI is InChI=1S/C12H21N5O/c13-7-9-3-1-5-17(8-9)12-14-11(15-16-12)10-4-2-6-18-10/h9-10H,1-8,13H2,(H,14,15,16). The zero-order valence-corrected chi connectivity index (χ0v) is 10.6. The minimum Gasteiger partial charge on any atom is -0.370 e. The number of nitrogens with two attached hydrogens (primary N) is 1. The molecule has 0 aliphatic carbocycles. The van der Waals surface area contributed by atoms with E-state index in [4.69, 9.17) is 10.5 Å². The van der Waals surface area contributed by atoms with Gasteiger partial charge in [-0.1, -0.05) is 0 Å². The van der Waals surface area contributed by atoms with Gasteiger partial charge in [-0.3, -0.25) is 5.10 Å². The lowest BCUT2D eigenvalue weighted by Gasteiger charge is -2.31. The summed E-state index contributed by atoms with van der Waals surface area (Å²) in [6, 6.07) is 0. The summed E-state index contributed by atoms with van der Waals surface area (Å²) in [6.07, 6.45) is 4.66. The maximum absolute atomic E-state index is 5.75. The predicted octanol–water partition coefficient (Wildman–Crippen LogP) is 0.831. The second-order valence-corrected chi connectivity index (χ2v) is 5.21. The number of aromatic nitrogens is 3. The minimum absolute atomic E-state index is 0.112. The molecule has 6 heteroatoms. The number of piperidine rings is 1. The van der Waals surface area contributed by atoms with Gasteiger partial charge in [0.15, 0.2) is 5.82 Å². The molecule has 6 nitrogen and oxygen atoms in total. The van der Waals surface area contributed by atoms with Crippen LogP contribution in [0, 0.1) is 5.92 Å². The number of nitrogens with zero attached hydrogens (tertiary/aromatic N) is 3. The van der Waals surface area contributed by atoms with E-state index in [9.17, 15) is 0 Å². The van der Waals surface area contributed by atoms with Gasteiger partial charge >= 0.3 is 0 Å². The van der Waals surface area contributed by atoms with Crippen LogP contribution in [0.2, 0.25) is 0 Å². The summed E-state index contributed by atoms with van der Waals surface area (Å²) in [5.74, 6) is 2.25. The Balaban J connectivity index is 1.68. The average Bonchev–Trinajstić information content (AvgIpc) is 3.09. The number of nitrogens with one attached hydrogen (secondary N) is 1. The van der Waals surface area contributed by atoms with Gasteiger partial charge in [0.05, 0.1) is 0 Å². The first-order valence-electron chi connectivity index (χ1n) is 6.85. The summed E-state index contributed by atoms with van der Waals surface area (Å²) in [6.45, 7) is 3.58. The van der Waals surface area contributed by atoms with E-state index in [1.165, 1.54) is 12.8 Å². The largest absolute Gasteiger partial charge is 0.370 e. The number of H-pyrrole nitrogens is 1. The fourth-order valence-electron chi connectivity index (χ4n) is 2.78. The van der Waals surface area contributed by atoms with Crippen molar-refractivity contribution in [3.63, 3.8) is 0 Å². The molecule has 1 aromatic heterocycles. The second-order valence-electron chi connectivity index (χ2n) is 5.21. The molecule has 18 heavy (non-hydrogen) atoms. The molecule has 2 aliphatic rings. The van der Waals surface area contributed by atoms with Crippen LogP contribution in [0.25, 0.3) is 0 Å². The van der Waals surface area contributed by atoms with Crippen LogP contribution >= 0.6 is 0 Å². The predicted molar refractivity (Wildman–Crippen MR) is 68.3 cm³/mol. The monoisotopic (exact) mass is 251 g/mol. The number of hydrogen-bond donors (Lipinski definition) is 2. The molecule has 2 atom stereocenters. The van der Waals surface area contributed by atoms with Crippen molar-refractivity contribution in [3.8, 4) is 0 Å². The van der Waals surface area contributed by atoms with Gasteiger partial charge in [-0.2, -0.15) is 4.98 Å². The van der Waals surface area contributed by atoms with E-state index in [1.807, 2.05) is 0 Å². The van der Waals surface area contributed by atoms with Crippen LogP contribution in [-0.2, 0) is 4.74 Å². The smallest absolute Gasteiger partial charge is 0.244 e. The molecule has 0 saturated carbocycles. The highest BCUT2D eigenvalue weighted by atomic mass is 16.5. The van der Waals surface area contributed by atoms with E-state index in [1.54, 1.807) is 0 Å². The van der Waals surface area contributed by atoms with E-state index in [2.05, 4.69) is 20.1 Å². The Kier molecular flexibility index (Phi) is 3.47. The molecule has 2 unspecified atom stereocenters. The van der Waals surface area contributed by atoms with E-state index in [0.29, 0.717) is 5.92 Å². The van der Waals surface area contributed by atoms with Crippen LogP contribution < -0.4 is 10.6 Å². The van der Waals surface area contributed by atoms with Crippen LogP contribution in [0.1, 0.15) is 37.6 Å². The van der Waals surface area contributed by atoms with Gasteiger partial charge in [-0.15, -0.1) is 5.10 Å². The average molecular weight is 251 g/mol. The molecule has 2 saturated heterocycles. The highest BCUT2D eigenvalue weighted by Gasteiger charge is 2.25. The van der Waals surface area contributed by atoms with E-state index < -0.39 is 0 Å². The lowest BCUT2D eigenvalue weighted by Crippen LogP contribution is -2.39. The third kappa shape index (κ3) is 2.35. The zero-order chi connectivity index (χ0) is 12.4. The van der Waals surface area contributed by atoms with Gasteiger partial charge < -0.3 is 15.4 Å². The van der Waals surface area contributed by atoms with Crippen molar-refractivity contribution in [2.24, 2.45) is 11.7 Å². The molecule has 0 bridgehead atoms. The van der Waals surface area contributed by atoms with Gasteiger partial charge in [0.2, 0.25) is 5.95 Å². The number of anilines is 1. The topological polar surface area (TPSA) is 80.1 Å². The first-order valence-corrected chi connectivity index (χ1v) is 6.85. The summed E-state index contributed by atoms with van der Waals surface area (Å²) in [5.41, 5.74) is 5.75. The number of hydrogen-bond acceptors (Lipinski definition) is 5. The fourth-order valence-corrected chi connectivity index (χ4v) is 2.78. The molecule has 3 N–H and O–H groups in total. The van der Waals surface area contributed by atoms with E-state index >= 15 is 0 Å². The van der Waals surface area contributed by atoms with Crippen LogP contribution in [-0.4, -0.2) is 41.4 Å². The molecular formula is C12H21N5O. The summed E-state index contributed by atoms with van der Waals surface area (Å²) >= 11 is 0. The molecule has 1 aromatic rings. The first-order chi connectivity index (χ1) is 8.86. The van der Waals surface area contributed by atoms with Gasteiger partial charge in [0.25, 0.3) is 0 Å². The maximum Gasteiger partial charge on any atom is 0.244 e. The molecule has 0 amide bonds. The molecule has 3 rings (SSSR count). The first kappa shape index (κ1) is 11.9. The summed E-state index contributed by atoms with van der Waals surface area (Å²) in [5, 5.41) is 7.34. The van der Waals surface area contributed by atoms with Crippen molar-refractivity contribution >= 4 is 5.95 Å². The third-order valence-electron chi connectivity index (χ3n) is 3.86. The normalized spacial score (nSPS) is 28.8. The van der Waals surface area contributed by atoms with Crippen molar-refractivity contribution in [2.75, 3.05) is 31.1 Å². The highest BCUT2D eigenvalue weighted by molar-refractivity contribution is 5.30. The lowest BCUT2D eigenvalue weighted by molar-refractivity contribution is 0.105. The van der Waals surface area contributed by atoms with Gasteiger partial charge in [0.1, 0.15) is 6.10 Å². The molecule has 0 radical (unpaired) electrons. The van der Waals surface area contributed by atoms with Crippen molar-refractivity contribution in [1.29, 1.82) is 0 Å². The van der Waals surface area contributed by atoms with Crippen LogP contribution in [0.4, 0.5) is 5.95 Å². The van der Waals surface area contributed by atoms with Crippen molar-refractivity contribution in [3.05, 3.63) is 5.82 Å². The minimum atomic E-state index is 0.112. The van der Waals surface area contributed by atoms with Gasteiger partial charge in [-0.05, 0) is 38.1 Å². The Labute approximate surface area is 107 Å². The molecule has 2 fully saturated rings. The number of ether oxygens (including phenoxy) is 1. The van der Waals surface area contributed by atoms with E-state index in [-0.39, 0.29) is 6.10 Å². The molecule has 3 heterocycles. The molecular weight excluding hydrogens is 230 g/mol. The van der Waals surface area contributed by atoms with Gasteiger partial charge in [0, 0.05) is 19.7 Å². The Morgan fingerprint density at radius 2 is 2.33 bits per heavy atom. The summed E-state index contributed by atoms with van der Waals surface area (Å²) in [4.78, 5) is 6.81. The Hall–Kier alpha value is -1.14. The Morgan fingerprint density at radius 3 is 3.11 bits per heavy atom. The quantitative estimate of drug-likeness (QED) is 0.831. The summed E-state index contributed by atoms with van der Waals surface area (Å²) < 4.78 is 5.61. The van der Waals surface area contributed by atoms with Gasteiger partial charge in [-0.25, -0.2) is 0 Å². The van der Waals surface area contributed by atoms with E-state index in [0.717, 1.165) is 50.9 Å². The van der Waals surface area contributed by atoms with Crippen LogP contribution in [0.5, 0.6) is 0 Å². The Bertz CT molecular complexity index is 388. The fraction of sp³-hybridized carbons (Fsp3) is 0.833. The Morgan fingerprint density at radius 1 is 1.39 bits per heavy atom. The van der Waals surface area contributed by atoms with Crippen molar-refractivity contribution < 1.29 is 4.74 Å². The molecule has 2 aliphatic heterocycles. The molecule has 100 valence electrons. The number of rotatable bonds is 3. The SMILES string of the molecule is NCC1CCCN(c2n[nH]c(C3CCCO3)n2)C1.